The van der Waals surface area contributed by atoms with Crippen LogP contribution in [0.1, 0.15) is 0 Å². The fourth-order valence-corrected chi connectivity index (χ4v) is 3.27. The molecule has 24 heavy (non-hydrogen) atoms. The highest BCUT2D eigenvalue weighted by atomic mass is 32.2. The number of anilines is 1. The molecule has 0 saturated heterocycles. The van der Waals surface area contributed by atoms with Crippen LogP contribution in [0.25, 0.3) is 11.5 Å². The molecule has 0 fully saturated rings. The van der Waals surface area contributed by atoms with Gasteiger partial charge >= 0.3 is 0 Å². The summed E-state index contributed by atoms with van der Waals surface area (Å²) in [4.78, 5) is 0.194. The predicted molar refractivity (Wildman–Crippen MR) is 90.9 cm³/mol. The van der Waals surface area contributed by atoms with Gasteiger partial charge in [0, 0.05) is 11.6 Å². The molecule has 0 aliphatic rings. The molecular formula is C15H13N3O4S2. The number of aromatic amines is 1. The van der Waals surface area contributed by atoms with Gasteiger partial charge in [-0.15, -0.1) is 5.10 Å². The number of sulfonamides is 1. The molecule has 0 saturated carbocycles. The molecule has 0 aliphatic heterocycles. The van der Waals surface area contributed by atoms with Crippen LogP contribution in [-0.4, -0.2) is 25.7 Å². The second-order valence-corrected chi connectivity index (χ2v) is 6.84. The molecule has 0 aliphatic carbocycles. The zero-order valence-electron chi connectivity index (χ0n) is 12.5. The van der Waals surface area contributed by atoms with E-state index in [0.717, 1.165) is 0 Å². The summed E-state index contributed by atoms with van der Waals surface area (Å²) in [5.74, 6) is 0.774. The van der Waals surface area contributed by atoms with E-state index in [4.69, 9.17) is 21.4 Å². The van der Waals surface area contributed by atoms with Gasteiger partial charge in [-0.25, -0.2) is 13.5 Å². The first-order valence-electron chi connectivity index (χ1n) is 6.81. The number of ether oxygens (including phenoxy) is 1. The topological polar surface area (TPSA) is 97.2 Å². The minimum absolute atomic E-state index is 0.0759. The summed E-state index contributed by atoms with van der Waals surface area (Å²) in [6.07, 6.45) is 0. The third-order valence-corrected chi connectivity index (χ3v) is 4.70. The zero-order chi connectivity index (χ0) is 17.2. The number of rotatable bonds is 5. The molecule has 3 rings (SSSR count). The molecule has 1 aromatic heterocycles. The van der Waals surface area contributed by atoms with E-state index in [2.05, 4.69) is 14.9 Å². The van der Waals surface area contributed by atoms with Crippen LogP contribution < -0.4 is 9.46 Å². The first kappa shape index (κ1) is 16.2. The molecule has 3 aromatic rings. The van der Waals surface area contributed by atoms with Gasteiger partial charge in [0.1, 0.15) is 5.75 Å². The summed E-state index contributed by atoms with van der Waals surface area (Å²) in [6, 6.07) is 12.9. The van der Waals surface area contributed by atoms with Crippen molar-refractivity contribution in [1.29, 1.82) is 0 Å². The van der Waals surface area contributed by atoms with E-state index < -0.39 is 10.0 Å². The van der Waals surface area contributed by atoms with Gasteiger partial charge in [0.2, 0.25) is 5.89 Å². The monoisotopic (exact) mass is 363 g/mol. The number of methoxy groups -OCH3 is 1. The SMILES string of the molecule is COc1cccc(NS(=O)(=O)c2cccc(-c3n[nH]c(=S)o3)c2)c1. The van der Waals surface area contributed by atoms with Gasteiger partial charge < -0.3 is 9.15 Å². The van der Waals surface area contributed by atoms with Crippen LogP contribution in [0, 0.1) is 4.84 Å². The molecule has 0 bridgehead atoms. The highest BCUT2D eigenvalue weighted by Crippen LogP contribution is 2.24. The van der Waals surface area contributed by atoms with Gasteiger partial charge in [0.15, 0.2) is 0 Å². The van der Waals surface area contributed by atoms with E-state index in [-0.39, 0.29) is 15.6 Å². The quantitative estimate of drug-likeness (QED) is 0.676. The molecule has 9 heteroatoms. The molecule has 7 nitrogen and oxygen atoms in total. The largest absolute Gasteiger partial charge is 0.497 e. The summed E-state index contributed by atoms with van der Waals surface area (Å²) in [5.41, 5.74) is 0.896. The van der Waals surface area contributed by atoms with Gasteiger partial charge in [0.25, 0.3) is 14.9 Å². The zero-order valence-corrected chi connectivity index (χ0v) is 14.1. The van der Waals surface area contributed by atoms with Crippen molar-refractivity contribution in [3.05, 3.63) is 53.4 Å². The Morgan fingerprint density at radius 2 is 2.00 bits per heavy atom. The summed E-state index contributed by atoms with van der Waals surface area (Å²) in [7, 11) is -2.26. The highest BCUT2D eigenvalue weighted by Gasteiger charge is 2.16. The van der Waals surface area contributed by atoms with Crippen LogP contribution in [0.3, 0.4) is 0 Å². The van der Waals surface area contributed by atoms with Crippen molar-refractivity contribution < 1.29 is 17.6 Å². The van der Waals surface area contributed by atoms with E-state index in [9.17, 15) is 8.42 Å². The van der Waals surface area contributed by atoms with E-state index in [0.29, 0.717) is 17.0 Å². The fraction of sp³-hybridized carbons (Fsp3) is 0.0667. The Morgan fingerprint density at radius 3 is 2.71 bits per heavy atom. The molecule has 2 aromatic carbocycles. The van der Waals surface area contributed by atoms with E-state index >= 15 is 0 Å². The van der Waals surface area contributed by atoms with Gasteiger partial charge in [-0.2, -0.15) is 0 Å². The average Bonchev–Trinajstić information content (AvgIpc) is 3.01. The molecule has 124 valence electrons. The van der Waals surface area contributed by atoms with Crippen molar-refractivity contribution in [2.75, 3.05) is 11.8 Å². The van der Waals surface area contributed by atoms with Crippen molar-refractivity contribution in [1.82, 2.24) is 10.2 Å². The minimum atomic E-state index is -3.77. The van der Waals surface area contributed by atoms with E-state index in [1.165, 1.54) is 19.2 Å². The number of aromatic nitrogens is 2. The average molecular weight is 363 g/mol. The lowest BCUT2D eigenvalue weighted by atomic mass is 10.2. The predicted octanol–water partition coefficient (Wildman–Crippen LogP) is 3.21. The molecule has 0 unspecified atom stereocenters. The van der Waals surface area contributed by atoms with Gasteiger partial charge in [-0.05, 0) is 42.5 Å². The van der Waals surface area contributed by atoms with Gasteiger partial charge in [-0.3, -0.25) is 4.72 Å². The third kappa shape index (κ3) is 3.47. The van der Waals surface area contributed by atoms with E-state index in [1.54, 1.807) is 36.4 Å². The summed E-state index contributed by atoms with van der Waals surface area (Å²) < 4.78 is 37.9. The standard InChI is InChI=1S/C15H13N3O4S2/c1-21-12-6-3-5-11(9-12)18-24(19,20)13-7-2-4-10(8-13)14-16-17-15(23)22-14/h2-9,18H,1H3,(H,17,23). The second kappa shape index (κ2) is 6.46. The number of benzene rings is 2. The van der Waals surface area contributed by atoms with E-state index in [1.807, 2.05) is 0 Å². The molecule has 2 N–H and O–H groups in total. The van der Waals surface area contributed by atoms with Crippen LogP contribution in [0.5, 0.6) is 5.75 Å². The molecule has 0 atom stereocenters. The maximum absolute atomic E-state index is 12.6. The molecule has 1 heterocycles. The summed E-state index contributed by atoms with van der Waals surface area (Å²) in [5, 5.41) is 6.39. The number of nitrogens with one attached hydrogen (secondary N) is 2. The van der Waals surface area contributed by atoms with Crippen molar-refractivity contribution in [3.63, 3.8) is 0 Å². The normalized spacial score (nSPS) is 11.2. The van der Waals surface area contributed by atoms with Crippen molar-refractivity contribution in [2.45, 2.75) is 4.90 Å². The second-order valence-electron chi connectivity index (χ2n) is 4.78. The molecule has 0 amide bonds. The maximum atomic E-state index is 12.6. The van der Waals surface area contributed by atoms with Crippen molar-refractivity contribution in [3.8, 4) is 17.2 Å². The highest BCUT2D eigenvalue weighted by molar-refractivity contribution is 7.92. The minimum Gasteiger partial charge on any atom is -0.497 e. The lowest BCUT2D eigenvalue weighted by Crippen LogP contribution is -2.13. The first-order chi connectivity index (χ1) is 11.5. The van der Waals surface area contributed by atoms with Gasteiger partial charge in [-0.1, -0.05) is 12.1 Å². The Balaban J connectivity index is 1.93. The Bertz CT molecular complexity index is 1020. The maximum Gasteiger partial charge on any atom is 0.284 e. The van der Waals surface area contributed by atoms with Crippen molar-refractivity contribution in [2.24, 2.45) is 0 Å². The third-order valence-electron chi connectivity index (χ3n) is 3.15. The number of H-pyrrole nitrogens is 1. The molecular weight excluding hydrogens is 350 g/mol. The Labute approximate surface area is 143 Å². The van der Waals surface area contributed by atoms with Crippen LogP contribution in [-0.2, 0) is 10.0 Å². The van der Waals surface area contributed by atoms with Crippen LogP contribution >= 0.6 is 12.2 Å². The van der Waals surface area contributed by atoms with Gasteiger partial charge in [0.05, 0.1) is 17.7 Å². The summed E-state index contributed by atoms with van der Waals surface area (Å²) >= 11 is 4.82. The number of hydrogen-bond donors (Lipinski definition) is 2. The number of hydrogen-bond acceptors (Lipinski definition) is 6. The van der Waals surface area contributed by atoms with Crippen LogP contribution in [0.4, 0.5) is 5.69 Å². The lowest BCUT2D eigenvalue weighted by Gasteiger charge is -2.09. The first-order valence-corrected chi connectivity index (χ1v) is 8.70. The smallest absolute Gasteiger partial charge is 0.284 e. The fourth-order valence-electron chi connectivity index (χ4n) is 2.05. The van der Waals surface area contributed by atoms with Crippen LogP contribution in [0.15, 0.2) is 57.8 Å². The van der Waals surface area contributed by atoms with Crippen molar-refractivity contribution >= 4 is 27.9 Å². The molecule has 0 radical (unpaired) electrons. The van der Waals surface area contributed by atoms with Crippen LogP contribution in [0.2, 0.25) is 0 Å². The Kier molecular flexibility index (Phi) is 4.36. The molecule has 0 spiro atoms. The Morgan fingerprint density at radius 1 is 1.21 bits per heavy atom. The lowest BCUT2D eigenvalue weighted by molar-refractivity contribution is 0.415. The Hall–Kier alpha value is -2.65. The summed E-state index contributed by atoms with van der Waals surface area (Å²) in [6.45, 7) is 0. The number of nitrogens with zero attached hydrogens (tertiary/aromatic N) is 1.